The molecular weight excluding hydrogens is 511 g/mol. The van der Waals surface area contributed by atoms with Crippen molar-refractivity contribution >= 4 is 46.6 Å². The molecule has 0 radical (unpaired) electrons. The molecule has 0 atom stereocenters. The van der Waals surface area contributed by atoms with Crippen LogP contribution in [0.3, 0.4) is 0 Å². The van der Waals surface area contributed by atoms with Crippen LogP contribution in [0.1, 0.15) is 47.2 Å². The highest BCUT2D eigenvalue weighted by Gasteiger charge is 2.30. The maximum atomic E-state index is 6.22. The van der Waals surface area contributed by atoms with E-state index in [9.17, 15) is 0 Å². The zero-order valence-electron chi connectivity index (χ0n) is 19.7. The lowest BCUT2D eigenvalue weighted by Crippen LogP contribution is -2.04. The molecule has 0 unspecified atom stereocenters. The van der Waals surface area contributed by atoms with Crippen molar-refractivity contribution in [1.82, 2.24) is 9.55 Å². The van der Waals surface area contributed by atoms with Crippen molar-refractivity contribution in [2.24, 2.45) is 0 Å². The molecule has 0 amide bonds. The van der Waals surface area contributed by atoms with E-state index in [-0.39, 0.29) is 18.3 Å². The van der Waals surface area contributed by atoms with E-state index in [1.807, 2.05) is 36.4 Å². The van der Waals surface area contributed by atoms with Gasteiger partial charge in [-0.3, -0.25) is 4.57 Å². The van der Waals surface area contributed by atoms with E-state index in [2.05, 4.69) is 59.2 Å². The van der Waals surface area contributed by atoms with Crippen LogP contribution in [0, 0.1) is 0 Å². The minimum absolute atomic E-state index is 0. The van der Waals surface area contributed by atoms with E-state index in [0.717, 1.165) is 38.3 Å². The second-order valence-electron chi connectivity index (χ2n) is 9.07. The fourth-order valence-corrected chi connectivity index (χ4v) is 5.07. The Morgan fingerprint density at radius 2 is 1.42 bits per heavy atom. The van der Waals surface area contributed by atoms with Crippen molar-refractivity contribution in [2.45, 2.75) is 24.7 Å². The van der Waals surface area contributed by atoms with Crippen LogP contribution >= 0.6 is 35.6 Å². The van der Waals surface area contributed by atoms with Crippen molar-refractivity contribution in [1.29, 1.82) is 0 Å². The molecule has 1 aliphatic rings. The molecule has 1 aliphatic carbocycles. The number of imidazole rings is 1. The standard InChI is InChI=1S/C30H24Cl2N2O.ClH/c1-35-26-4-2-3-25(18-26)34-28-17-22(11-16-27(28)33-30(34)21-5-6-21)29(19-7-12-23(31)13-8-19)20-9-14-24(32)15-10-20;/h2-4,7-18,21,29H,5-6H2,1H3;1H. The number of hydrogen-bond donors (Lipinski definition) is 0. The third kappa shape index (κ3) is 4.71. The summed E-state index contributed by atoms with van der Waals surface area (Å²) in [5.41, 5.74) is 6.71. The van der Waals surface area contributed by atoms with Crippen LogP contribution in [-0.4, -0.2) is 16.7 Å². The molecule has 3 nitrogen and oxygen atoms in total. The molecule has 36 heavy (non-hydrogen) atoms. The van der Waals surface area contributed by atoms with Gasteiger partial charge in [0.05, 0.1) is 23.8 Å². The Hall–Kier alpha value is -2.98. The third-order valence-corrected chi connectivity index (χ3v) is 7.20. The number of halogens is 3. The first-order chi connectivity index (χ1) is 17.1. The Kier molecular flexibility index (Phi) is 6.98. The van der Waals surface area contributed by atoms with Crippen LogP contribution in [0.4, 0.5) is 0 Å². The molecule has 1 saturated carbocycles. The van der Waals surface area contributed by atoms with E-state index >= 15 is 0 Å². The average Bonchev–Trinajstić information content (AvgIpc) is 3.66. The van der Waals surface area contributed by atoms with E-state index in [0.29, 0.717) is 5.92 Å². The predicted octanol–water partition coefficient (Wildman–Crippen LogP) is 8.82. The Labute approximate surface area is 227 Å². The zero-order chi connectivity index (χ0) is 23.9. The van der Waals surface area contributed by atoms with Gasteiger partial charge in [0.15, 0.2) is 0 Å². The normalized spacial score (nSPS) is 13.1. The number of ether oxygens (including phenoxy) is 1. The summed E-state index contributed by atoms with van der Waals surface area (Å²) < 4.78 is 7.83. The molecular formula is C30H25Cl3N2O. The summed E-state index contributed by atoms with van der Waals surface area (Å²) in [6.45, 7) is 0. The Morgan fingerprint density at radius 1 is 0.806 bits per heavy atom. The van der Waals surface area contributed by atoms with E-state index < -0.39 is 0 Å². The van der Waals surface area contributed by atoms with Crippen LogP contribution < -0.4 is 4.74 Å². The summed E-state index contributed by atoms with van der Waals surface area (Å²) in [5.74, 6) is 2.50. The lowest BCUT2D eigenvalue weighted by Gasteiger charge is -2.20. The van der Waals surface area contributed by atoms with Crippen LogP contribution in [0.15, 0.2) is 91.0 Å². The largest absolute Gasteiger partial charge is 0.497 e. The SMILES string of the molecule is COc1cccc(-n2c(C3CC3)nc3ccc(C(c4ccc(Cl)cc4)c4ccc(Cl)cc4)cc32)c1.Cl. The number of aromatic nitrogens is 2. The molecule has 4 aromatic carbocycles. The van der Waals surface area contributed by atoms with Gasteiger partial charge in [-0.1, -0.05) is 59.6 Å². The molecule has 0 N–H and O–H groups in total. The average molecular weight is 536 g/mol. The smallest absolute Gasteiger partial charge is 0.120 e. The van der Waals surface area contributed by atoms with E-state index in [1.165, 1.54) is 29.5 Å². The number of fused-ring (bicyclic) bond motifs is 1. The number of hydrogen-bond acceptors (Lipinski definition) is 2. The van der Waals surface area contributed by atoms with Crippen LogP contribution in [0.5, 0.6) is 5.75 Å². The second kappa shape index (κ2) is 10.2. The van der Waals surface area contributed by atoms with Gasteiger partial charge in [0.1, 0.15) is 11.6 Å². The Morgan fingerprint density at radius 3 is 2.00 bits per heavy atom. The highest BCUT2D eigenvalue weighted by atomic mass is 35.5. The highest BCUT2D eigenvalue weighted by molar-refractivity contribution is 6.30. The molecule has 0 spiro atoms. The fourth-order valence-electron chi connectivity index (χ4n) is 4.81. The molecule has 0 saturated heterocycles. The first-order valence-electron chi connectivity index (χ1n) is 11.8. The van der Waals surface area contributed by atoms with Gasteiger partial charge in [0.25, 0.3) is 0 Å². The van der Waals surface area contributed by atoms with Gasteiger partial charge in [-0.2, -0.15) is 0 Å². The number of methoxy groups -OCH3 is 1. The first kappa shape index (κ1) is 24.7. The molecule has 1 aromatic heterocycles. The summed E-state index contributed by atoms with van der Waals surface area (Å²) in [7, 11) is 1.70. The second-order valence-corrected chi connectivity index (χ2v) is 9.94. The fraction of sp³-hybridized carbons (Fsp3) is 0.167. The molecule has 0 bridgehead atoms. The van der Waals surface area contributed by atoms with Gasteiger partial charge < -0.3 is 4.74 Å². The Balaban J connectivity index is 0.00000267. The van der Waals surface area contributed by atoms with Crippen molar-refractivity contribution in [3.05, 3.63) is 124 Å². The topological polar surface area (TPSA) is 27.1 Å². The lowest BCUT2D eigenvalue weighted by molar-refractivity contribution is 0.414. The molecule has 0 aliphatic heterocycles. The van der Waals surface area contributed by atoms with Crippen molar-refractivity contribution in [2.75, 3.05) is 7.11 Å². The van der Waals surface area contributed by atoms with Gasteiger partial charge in [-0.15, -0.1) is 12.4 Å². The summed E-state index contributed by atoms with van der Waals surface area (Å²) >= 11 is 12.4. The zero-order valence-corrected chi connectivity index (χ0v) is 22.0. The van der Waals surface area contributed by atoms with Crippen LogP contribution in [-0.2, 0) is 0 Å². The van der Waals surface area contributed by atoms with Crippen molar-refractivity contribution < 1.29 is 4.74 Å². The van der Waals surface area contributed by atoms with Crippen LogP contribution in [0.2, 0.25) is 10.0 Å². The maximum Gasteiger partial charge on any atom is 0.120 e. The molecule has 1 fully saturated rings. The quantitative estimate of drug-likeness (QED) is 0.203. The van der Waals surface area contributed by atoms with Gasteiger partial charge in [0.2, 0.25) is 0 Å². The van der Waals surface area contributed by atoms with Crippen molar-refractivity contribution in [3.8, 4) is 11.4 Å². The lowest BCUT2D eigenvalue weighted by atomic mass is 9.85. The Bertz CT molecular complexity index is 1460. The summed E-state index contributed by atoms with van der Waals surface area (Å²) in [5, 5.41) is 1.45. The molecule has 6 rings (SSSR count). The maximum absolute atomic E-state index is 6.22. The van der Waals surface area contributed by atoms with Gasteiger partial charge in [-0.05, 0) is 78.1 Å². The molecule has 5 aromatic rings. The minimum atomic E-state index is 0. The summed E-state index contributed by atoms with van der Waals surface area (Å²) in [6, 6.07) is 31.0. The van der Waals surface area contributed by atoms with Gasteiger partial charge >= 0.3 is 0 Å². The van der Waals surface area contributed by atoms with Crippen molar-refractivity contribution in [3.63, 3.8) is 0 Å². The monoisotopic (exact) mass is 534 g/mol. The summed E-state index contributed by atoms with van der Waals surface area (Å²) in [4.78, 5) is 5.06. The molecule has 182 valence electrons. The van der Waals surface area contributed by atoms with E-state index in [1.54, 1.807) is 7.11 Å². The predicted molar refractivity (Wildman–Crippen MR) is 151 cm³/mol. The van der Waals surface area contributed by atoms with Gasteiger partial charge in [0, 0.05) is 27.9 Å². The molecule has 1 heterocycles. The number of rotatable bonds is 6. The third-order valence-electron chi connectivity index (χ3n) is 6.70. The first-order valence-corrected chi connectivity index (χ1v) is 12.5. The minimum Gasteiger partial charge on any atom is -0.497 e. The van der Waals surface area contributed by atoms with Gasteiger partial charge in [-0.25, -0.2) is 4.98 Å². The highest BCUT2D eigenvalue weighted by Crippen LogP contribution is 2.43. The number of nitrogens with zero attached hydrogens (tertiary/aromatic N) is 2. The van der Waals surface area contributed by atoms with Crippen LogP contribution in [0.25, 0.3) is 16.7 Å². The summed E-state index contributed by atoms with van der Waals surface area (Å²) in [6.07, 6.45) is 2.36. The number of benzene rings is 4. The van der Waals surface area contributed by atoms with E-state index in [4.69, 9.17) is 32.9 Å². The molecule has 6 heteroatoms.